The minimum atomic E-state index is -0.911. The first-order valence-electron chi connectivity index (χ1n) is 3.20. The Bertz CT molecular complexity index is 150. The second kappa shape index (κ2) is 3.93. The zero-order chi connectivity index (χ0) is 8.15. The van der Waals surface area contributed by atoms with Gasteiger partial charge in [0.2, 0.25) is 0 Å². The van der Waals surface area contributed by atoms with Gasteiger partial charge in [-0.15, -0.1) is 0 Å². The molecule has 0 aromatic heterocycles. The van der Waals surface area contributed by atoms with E-state index in [4.69, 9.17) is 5.11 Å². The van der Waals surface area contributed by atoms with Gasteiger partial charge in [0.15, 0.2) is 0 Å². The predicted molar refractivity (Wildman–Crippen MR) is 39.7 cm³/mol. The van der Waals surface area contributed by atoms with E-state index in [1.807, 2.05) is 13.8 Å². The summed E-state index contributed by atoms with van der Waals surface area (Å²) >= 11 is 0. The monoisotopic (exact) mass is 143 g/mol. The van der Waals surface area contributed by atoms with Crippen molar-refractivity contribution >= 4 is 5.97 Å². The Kier molecular flexibility index (Phi) is 3.54. The van der Waals surface area contributed by atoms with Crippen LogP contribution >= 0.6 is 0 Å². The van der Waals surface area contributed by atoms with Crippen LogP contribution in [0, 0.1) is 0 Å². The molecule has 0 atom stereocenters. The average molecular weight is 143 g/mol. The molecule has 58 valence electrons. The summed E-state index contributed by atoms with van der Waals surface area (Å²) in [4.78, 5) is 10.1. The lowest BCUT2D eigenvalue weighted by molar-refractivity contribution is -0.131. The minimum Gasteiger partial charge on any atom is -0.478 e. The standard InChI is InChI=1S/C7H13NO2/c1-5(2)8-6(3)4-7(9)10/h4-5,8H,1-3H3,(H,9,10)/b6-4-. The number of allylic oxidation sites excluding steroid dienone is 1. The summed E-state index contributed by atoms with van der Waals surface area (Å²) in [6.45, 7) is 5.65. The second-order valence-corrected chi connectivity index (χ2v) is 2.46. The molecule has 0 rings (SSSR count). The first kappa shape index (κ1) is 9.01. The molecule has 0 heterocycles. The molecule has 0 saturated heterocycles. The lowest BCUT2D eigenvalue weighted by atomic mass is 10.3. The molecule has 0 aliphatic rings. The highest BCUT2D eigenvalue weighted by molar-refractivity contribution is 5.80. The van der Waals surface area contributed by atoms with Crippen molar-refractivity contribution in [2.45, 2.75) is 26.8 Å². The van der Waals surface area contributed by atoms with Gasteiger partial charge in [0, 0.05) is 17.8 Å². The number of rotatable bonds is 3. The molecule has 0 aliphatic heterocycles. The highest BCUT2D eigenvalue weighted by Crippen LogP contribution is 1.88. The van der Waals surface area contributed by atoms with Crippen molar-refractivity contribution in [3.8, 4) is 0 Å². The summed E-state index contributed by atoms with van der Waals surface area (Å²) < 4.78 is 0. The largest absolute Gasteiger partial charge is 0.478 e. The number of aliphatic carboxylic acids is 1. The first-order chi connectivity index (χ1) is 4.52. The SMILES string of the molecule is C/C(=C/C(=O)O)NC(C)C. The molecule has 0 aliphatic carbocycles. The molecule has 0 amide bonds. The van der Waals surface area contributed by atoms with Crippen molar-refractivity contribution < 1.29 is 9.90 Å². The third-order valence-corrected chi connectivity index (χ3v) is 0.856. The summed E-state index contributed by atoms with van der Waals surface area (Å²) in [7, 11) is 0. The van der Waals surface area contributed by atoms with Gasteiger partial charge in [-0.25, -0.2) is 4.79 Å². The Balaban J connectivity index is 3.83. The number of hydrogen-bond donors (Lipinski definition) is 2. The summed E-state index contributed by atoms with van der Waals surface area (Å²) in [5.74, 6) is -0.911. The number of nitrogens with one attached hydrogen (secondary N) is 1. The van der Waals surface area contributed by atoms with Crippen LogP contribution in [-0.4, -0.2) is 17.1 Å². The molecular formula is C7H13NO2. The second-order valence-electron chi connectivity index (χ2n) is 2.46. The Morgan fingerprint density at radius 3 is 2.40 bits per heavy atom. The summed E-state index contributed by atoms with van der Waals surface area (Å²) in [5, 5.41) is 11.2. The predicted octanol–water partition coefficient (Wildman–Crippen LogP) is 0.973. The van der Waals surface area contributed by atoms with E-state index in [1.165, 1.54) is 0 Å². The maximum atomic E-state index is 10.1. The molecule has 0 bridgehead atoms. The van der Waals surface area contributed by atoms with E-state index in [2.05, 4.69) is 5.32 Å². The molecule has 0 aromatic carbocycles. The van der Waals surface area contributed by atoms with E-state index in [1.54, 1.807) is 6.92 Å². The van der Waals surface area contributed by atoms with Gasteiger partial charge >= 0.3 is 5.97 Å². The van der Waals surface area contributed by atoms with Gasteiger partial charge in [0.1, 0.15) is 0 Å². The van der Waals surface area contributed by atoms with Crippen LogP contribution in [0.2, 0.25) is 0 Å². The molecule has 0 aromatic rings. The van der Waals surface area contributed by atoms with Gasteiger partial charge in [-0.1, -0.05) is 0 Å². The van der Waals surface area contributed by atoms with Crippen LogP contribution in [0.4, 0.5) is 0 Å². The van der Waals surface area contributed by atoms with E-state index in [9.17, 15) is 4.79 Å². The van der Waals surface area contributed by atoms with Crippen LogP contribution in [0.1, 0.15) is 20.8 Å². The smallest absolute Gasteiger partial charge is 0.330 e. The van der Waals surface area contributed by atoms with Crippen molar-refractivity contribution in [3.05, 3.63) is 11.8 Å². The van der Waals surface area contributed by atoms with Gasteiger partial charge in [-0.2, -0.15) is 0 Å². The first-order valence-corrected chi connectivity index (χ1v) is 3.20. The fourth-order valence-corrected chi connectivity index (χ4v) is 0.682. The van der Waals surface area contributed by atoms with Gasteiger partial charge in [-0.05, 0) is 20.8 Å². The van der Waals surface area contributed by atoms with Crippen molar-refractivity contribution in [3.63, 3.8) is 0 Å². The van der Waals surface area contributed by atoms with Crippen LogP contribution in [-0.2, 0) is 4.79 Å². The molecule has 3 nitrogen and oxygen atoms in total. The van der Waals surface area contributed by atoms with Gasteiger partial charge in [0.25, 0.3) is 0 Å². The maximum absolute atomic E-state index is 10.1. The Labute approximate surface area is 60.7 Å². The zero-order valence-electron chi connectivity index (χ0n) is 6.51. The lowest BCUT2D eigenvalue weighted by Gasteiger charge is -2.08. The molecular weight excluding hydrogens is 130 g/mol. The van der Waals surface area contributed by atoms with E-state index < -0.39 is 5.97 Å². The van der Waals surface area contributed by atoms with Gasteiger partial charge < -0.3 is 10.4 Å². The molecule has 0 radical (unpaired) electrons. The van der Waals surface area contributed by atoms with Crippen LogP contribution in [0.25, 0.3) is 0 Å². The molecule has 2 N–H and O–H groups in total. The van der Waals surface area contributed by atoms with Crippen molar-refractivity contribution in [2.24, 2.45) is 0 Å². The molecule has 0 unspecified atom stereocenters. The van der Waals surface area contributed by atoms with Crippen LogP contribution in [0.5, 0.6) is 0 Å². The number of hydrogen-bond acceptors (Lipinski definition) is 2. The van der Waals surface area contributed by atoms with Gasteiger partial charge in [0.05, 0.1) is 0 Å². The van der Waals surface area contributed by atoms with Crippen LogP contribution < -0.4 is 5.32 Å². The van der Waals surface area contributed by atoms with E-state index in [0.29, 0.717) is 5.70 Å². The molecule has 0 saturated carbocycles. The fraction of sp³-hybridized carbons (Fsp3) is 0.571. The van der Waals surface area contributed by atoms with E-state index in [-0.39, 0.29) is 6.04 Å². The Morgan fingerprint density at radius 1 is 1.60 bits per heavy atom. The van der Waals surface area contributed by atoms with Crippen molar-refractivity contribution in [1.29, 1.82) is 0 Å². The highest BCUT2D eigenvalue weighted by atomic mass is 16.4. The average Bonchev–Trinajstić information content (AvgIpc) is 1.58. The number of carboxylic acids is 1. The summed E-state index contributed by atoms with van der Waals surface area (Å²) in [6.07, 6.45) is 1.15. The van der Waals surface area contributed by atoms with Crippen LogP contribution in [0.15, 0.2) is 11.8 Å². The molecule has 10 heavy (non-hydrogen) atoms. The molecule has 0 fully saturated rings. The molecule has 3 heteroatoms. The Morgan fingerprint density at radius 2 is 2.10 bits per heavy atom. The third kappa shape index (κ3) is 5.15. The van der Waals surface area contributed by atoms with E-state index >= 15 is 0 Å². The molecule has 0 spiro atoms. The number of carbonyl (C=O) groups is 1. The normalized spacial score (nSPS) is 11.8. The maximum Gasteiger partial charge on any atom is 0.330 e. The third-order valence-electron chi connectivity index (χ3n) is 0.856. The fourth-order valence-electron chi connectivity index (χ4n) is 0.682. The van der Waals surface area contributed by atoms with Crippen LogP contribution in [0.3, 0.4) is 0 Å². The zero-order valence-corrected chi connectivity index (χ0v) is 6.51. The minimum absolute atomic E-state index is 0.288. The summed E-state index contributed by atoms with van der Waals surface area (Å²) in [5.41, 5.74) is 0.683. The quantitative estimate of drug-likeness (QED) is 0.579. The number of carboxylic acid groups (broad SMARTS) is 1. The van der Waals surface area contributed by atoms with Crippen molar-refractivity contribution in [2.75, 3.05) is 0 Å². The van der Waals surface area contributed by atoms with Crippen molar-refractivity contribution in [1.82, 2.24) is 5.32 Å². The summed E-state index contributed by atoms with van der Waals surface area (Å²) in [6, 6.07) is 0.288. The highest BCUT2D eigenvalue weighted by Gasteiger charge is 1.94. The topological polar surface area (TPSA) is 49.3 Å². The van der Waals surface area contributed by atoms with E-state index in [0.717, 1.165) is 6.08 Å². The Hall–Kier alpha value is -0.990. The van der Waals surface area contributed by atoms with Gasteiger partial charge in [-0.3, -0.25) is 0 Å². The lowest BCUT2D eigenvalue weighted by Crippen LogP contribution is -2.20.